The van der Waals surface area contributed by atoms with Crippen molar-refractivity contribution < 1.29 is 4.79 Å². The highest BCUT2D eigenvalue weighted by Gasteiger charge is 2.31. The van der Waals surface area contributed by atoms with E-state index in [1.165, 1.54) is 25.9 Å². The third kappa shape index (κ3) is 2.93. The van der Waals surface area contributed by atoms with Gasteiger partial charge in [0.05, 0.1) is 5.52 Å². The minimum atomic E-state index is 0.128. The molecule has 0 aliphatic carbocycles. The zero-order valence-electron chi connectivity index (χ0n) is 13.0. The van der Waals surface area contributed by atoms with Crippen molar-refractivity contribution >= 4 is 28.4 Å². The molecular weight excluding hydrogens is 310 g/mol. The SMILES string of the molecule is O=C(c1ccc2nc(Cl)ccc2c1)N1CCC(N2CCCC2)C1. The summed E-state index contributed by atoms with van der Waals surface area (Å²) in [5, 5.41) is 1.43. The van der Waals surface area contributed by atoms with Crippen LogP contribution in [-0.2, 0) is 0 Å². The van der Waals surface area contributed by atoms with Gasteiger partial charge in [0.2, 0.25) is 0 Å². The standard InChI is InChI=1S/C18H20ClN3O/c19-17-6-4-13-11-14(3-5-16(13)20-17)18(23)22-10-7-15(12-22)21-8-1-2-9-21/h3-6,11,15H,1-2,7-10,12H2. The Kier molecular flexibility index (Phi) is 3.95. The number of hydrogen-bond acceptors (Lipinski definition) is 3. The maximum Gasteiger partial charge on any atom is 0.253 e. The van der Waals surface area contributed by atoms with E-state index in [0.29, 0.717) is 11.2 Å². The molecule has 0 saturated carbocycles. The Hall–Kier alpha value is -1.65. The molecule has 4 rings (SSSR count). The van der Waals surface area contributed by atoms with Gasteiger partial charge in [0.25, 0.3) is 5.91 Å². The fourth-order valence-electron chi connectivity index (χ4n) is 3.75. The molecule has 0 spiro atoms. The van der Waals surface area contributed by atoms with Gasteiger partial charge in [-0.1, -0.05) is 11.6 Å². The fourth-order valence-corrected chi connectivity index (χ4v) is 3.90. The summed E-state index contributed by atoms with van der Waals surface area (Å²) in [5.41, 5.74) is 1.56. The number of nitrogens with zero attached hydrogens (tertiary/aromatic N) is 3. The van der Waals surface area contributed by atoms with Gasteiger partial charge in [0, 0.05) is 30.1 Å². The van der Waals surface area contributed by atoms with E-state index < -0.39 is 0 Å². The van der Waals surface area contributed by atoms with Gasteiger partial charge in [-0.05, 0) is 62.7 Å². The highest BCUT2D eigenvalue weighted by atomic mass is 35.5. The molecule has 2 aliphatic rings. The number of benzene rings is 1. The molecule has 1 amide bonds. The van der Waals surface area contributed by atoms with Gasteiger partial charge < -0.3 is 4.90 Å². The first-order chi connectivity index (χ1) is 11.2. The van der Waals surface area contributed by atoms with Crippen LogP contribution in [0, 0.1) is 0 Å². The number of amides is 1. The third-order valence-electron chi connectivity index (χ3n) is 5.01. The minimum absolute atomic E-state index is 0.128. The highest BCUT2D eigenvalue weighted by Crippen LogP contribution is 2.23. The lowest BCUT2D eigenvalue weighted by atomic mass is 10.1. The van der Waals surface area contributed by atoms with Gasteiger partial charge >= 0.3 is 0 Å². The second-order valence-corrected chi connectivity index (χ2v) is 6.87. The van der Waals surface area contributed by atoms with Gasteiger partial charge in [0.15, 0.2) is 0 Å². The molecule has 120 valence electrons. The lowest BCUT2D eigenvalue weighted by Gasteiger charge is -2.23. The van der Waals surface area contributed by atoms with Gasteiger partial charge in [-0.15, -0.1) is 0 Å². The Morgan fingerprint density at radius 2 is 1.96 bits per heavy atom. The zero-order chi connectivity index (χ0) is 15.8. The molecule has 5 heteroatoms. The molecule has 2 saturated heterocycles. The summed E-state index contributed by atoms with van der Waals surface area (Å²) in [5.74, 6) is 0.128. The Morgan fingerprint density at radius 3 is 2.78 bits per heavy atom. The molecule has 1 atom stereocenters. The van der Waals surface area contributed by atoms with Crippen LogP contribution in [0.1, 0.15) is 29.6 Å². The summed E-state index contributed by atoms with van der Waals surface area (Å²) in [6, 6.07) is 9.88. The molecule has 4 nitrogen and oxygen atoms in total. The lowest BCUT2D eigenvalue weighted by Crippen LogP contribution is -2.37. The highest BCUT2D eigenvalue weighted by molar-refractivity contribution is 6.29. The van der Waals surface area contributed by atoms with Crippen LogP contribution < -0.4 is 0 Å². The van der Waals surface area contributed by atoms with Crippen LogP contribution >= 0.6 is 11.6 Å². The molecule has 1 aromatic carbocycles. The Labute approximate surface area is 141 Å². The van der Waals surface area contributed by atoms with Crippen molar-refractivity contribution in [3.05, 3.63) is 41.0 Å². The van der Waals surface area contributed by atoms with Gasteiger partial charge in [-0.2, -0.15) is 0 Å². The van der Waals surface area contributed by atoms with E-state index in [1.54, 1.807) is 6.07 Å². The quantitative estimate of drug-likeness (QED) is 0.794. The van der Waals surface area contributed by atoms with Crippen molar-refractivity contribution in [3.8, 4) is 0 Å². The number of aromatic nitrogens is 1. The third-order valence-corrected chi connectivity index (χ3v) is 5.22. The maximum atomic E-state index is 12.8. The molecular formula is C18H20ClN3O. The molecule has 2 aliphatic heterocycles. The molecule has 0 radical (unpaired) electrons. The number of carbonyl (C=O) groups excluding carboxylic acids is 1. The summed E-state index contributed by atoms with van der Waals surface area (Å²) in [4.78, 5) is 21.6. The fraction of sp³-hybridized carbons (Fsp3) is 0.444. The van der Waals surface area contributed by atoms with Crippen molar-refractivity contribution in [3.63, 3.8) is 0 Å². The number of pyridine rings is 1. The van der Waals surface area contributed by atoms with Crippen molar-refractivity contribution in [2.45, 2.75) is 25.3 Å². The first-order valence-corrected chi connectivity index (χ1v) is 8.68. The minimum Gasteiger partial charge on any atom is -0.337 e. The summed E-state index contributed by atoms with van der Waals surface area (Å²) < 4.78 is 0. The number of halogens is 1. The zero-order valence-corrected chi connectivity index (χ0v) is 13.8. The first kappa shape index (κ1) is 14.9. The van der Waals surface area contributed by atoms with E-state index in [1.807, 2.05) is 29.2 Å². The summed E-state index contributed by atoms with van der Waals surface area (Å²) in [6.07, 6.45) is 3.69. The largest absolute Gasteiger partial charge is 0.337 e. The van der Waals surface area contributed by atoms with E-state index in [9.17, 15) is 4.79 Å². The maximum absolute atomic E-state index is 12.8. The van der Waals surface area contributed by atoms with Crippen LogP contribution in [-0.4, -0.2) is 52.9 Å². The monoisotopic (exact) mass is 329 g/mol. The smallest absolute Gasteiger partial charge is 0.253 e. The van der Waals surface area contributed by atoms with Crippen LogP contribution in [0.2, 0.25) is 5.15 Å². The Morgan fingerprint density at radius 1 is 1.13 bits per heavy atom. The Balaban J connectivity index is 1.51. The molecule has 1 aromatic heterocycles. The average molecular weight is 330 g/mol. The van der Waals surface area contributed by atoms with E-state index in [-0.39, 0.29) is 5.91 Å². The second-order valence-electron chi connectivity index (χ2n) is 6.48. The van der Waals surface area contributed by atoms with E-state index in [4.69, 9.17) is 11.6 Å². The number of fused-ring (bicyclic) bond motifs is 1. The summed E-state index contributed by atoms with van der Waals surface area (Å²) in [7, 11) is 0. The molecule has 2 fully saturated rings. The van der Waals surface area contributed by atoms with Crippen LogP contribution in [0.4, 0.5) is 0 Å². The molecule has 0 N–H and O–H groups in total. The van der Waals surface area contributed by atoms with Gasteiger partial charge in [0.1, 0.15) is 5.15 Å². The Bertz CT molecular complexity index is 742. The number of rotatable bonds is 2. The molecule has 0 bridgehead atoms. The van der Waals surface area contributed by atoms with Crippen molar-refractivity contribution in [1.82, 2.24) is 14.8 Å². The van der Waals surface area contributed by atoms with Crippen LogP contribution in [0.15, 0.2) is 30.3 Å². The van der Waals surface area contributed by atoms with Gasteiger partial charge in [-0.3, -0.25) is 9.69 Å². The van der Waals surface area contributed by atoms with E-state index in [2.05, 4.69) is 9.88 Å². The van der Waals surface area contributed by atoms with E-state index >= 15 is 0 Å². The summed E-state index contributed by atoms with van der Waals surface area (Å²) in [6.45, 7) is 4.09. The van der Waals surface area contributed by atoms with Crippen LogP contribution in [0.3, 0.4) is 0 Å². The topological polar surface area (TPSA) is 36.4 Å². The first-order valence-electron chi connectivity index (χ1n) is 8.30. The number of carbonyl (C=O) groups is 1. The number of hydrogen-bond donors (Lipinski definition) is 0. The second kappa shape index (κ2) is 6.10. The summed E-state index contributed by atoms with van der Waals surface area (Å²) >= 11 is 5.91. The molecule has 2 aromatic rings. The molecule has 23 heavy (non-hydrogen) atoms. The molecule has 1 unspecified atom stereocenters. The predicted molar refractivity (Wildman–Crippen MR) is 91.9 cm³/mol. The normalized spacial score (nSPS) is 22.1. The van der Waals surface area contributed by atoms with Crippen molar-refractivity contribution in [1.29, 1.82) is 0 Å². The van der Waals surface area contributed by atoms with Gasteiger partial charge in [-0.25, -0.2) is 4.98 Å². The average Bonchev–Trinajstić information content (AvgIpc) is 3.24. The lowest BCUT2D eigenvalue weighted by molar-refractivity contribution is 0.0780. The molecule has 3 heterocycles. The van der Waals surface area contributed by atoms with E-state index in [0.717, 1.165) is 36.0 Å². The van der Waals surface area contributed by atoms with Crippen LogP contribution in [0.25, 0.3) is 10.9 Å². The number of likely N-dealkylation sites (tertiary alicyclic amines) is 2. The van der Waals surface area contributed by atoms with Crippen molar-refractivity contribution in [2.24, 2.45) is 0 Å². The predicted octanol–water partition coefficient (Wildman–Crippen LogP) is 3.20. The van der Waals surface area contributed by atoms with Crippen LogP contribution in [0.5, 0.6) is 0 Å². The van der Waals surface area contributed by atoms with Crippen molar-refractivity contribution in [2.75, 3.05) is 26.2 Å².